The quantitative estimate of drug-likeness (QED) is 0.656. The van der Waals surface area contributed by atoms with Gasteiger partial charge in [0, 0.05) is 63.7 Å². The molecule has 32 heavy (non-hydrogen) atoms. The van der Waals surface area contributed by atoms with E-state index in [1.807, 2.05) is 24.3 Å². The number of ether oxygens (including phenoxy) is 1. The molecule has 2 aliphatic rings. The Morgan fingerprint density at radius 3 is 2.59 bits per heavy atom. The molecule has 5 rings (SSSR count). The number of hydrogen-bond donors (Lipinski definition) is 1. The zero-order valence-corrected chi connectivity index (χ0v) is 18.4. The van der Waals surface area contributed by atoms with Crippen LogP contribution >= 0.6 is 0 Å². The Kier molecular flexibility index (Phi) is 5.43. The van der Waals surface area contributed by atoms with Gasteiger partial charge in [-0.2, -0.15) is 4.98 Å². The Labute approximate surface area is 187 Å². The number of fused-ring (bicyclic) bond motifs is 1. The Hall–Kier alpha value is -3.55. The molecule has 0 saturated carbocycles. The van der Waals surface area contributed by atoms with Crippen LogP contribution in [0.3, 0.4) is 0 Å². The van der Waals surface area contributed by atoms with Gasteiger partial charge in [-0.15, -0.1) is 0 Å². The van der Waals surface area contributed by atoms with E-state index in [-0.39, 0.29) is 11.7 Å². The number of methoxy groups -OCH3 is 1. The van der Waals surface area contributed by atoms with Gasteiger partial charge < -0.3 is 24.3 Å². The highest BCUT2D eigenvalue weighted by molar-refractivity contribution is 6.03. The third-order valence-corrected chi connectivity index (χ3v) is 6.29. The van der Waals surface area contributed by atoms with Crippen LogP contribution in [0.4, 0.5) is 17.5 Å². The summed E-state index contributed by atoms with van der Waals surface area (Å²) in [4.78, 5) is 27.0. The van der Waals surface area contributed by atoms with Crippen molar-refractivity contribution in [3.63, 3.8) is 0 Å². The Balaban J connectivity index is 1.37. The van der Waals surface area contributed by atoms with E-state index >= 15 is 0 Å². The van der Waals surface area contributed by atoms with Crippen LogP contribution in [0.2, 0.25) is 0 Å². The first kappa shape index (κ1) is 20.4. The lowest BCUT2D eigenvalue weighted by atomic mass is 9.84. The molecule has 8 nitrogen and oxygen atoms in total. The first-order chi connectivity index (χ1) is 15.7. The second-order valence-electron chi connectivity index (χ2n) is 8.16. The Bertz CT molecular complexity index is 1110. The molecule has 3 heterocycles. The number of aromatic nitrogens is 2. The average Bonchev–Trinajstić information content (AvgIpc) is 3.38. The summed E-state index contributed by atoms with van der Waals surface area (Å²) in [6, 6.07) is 11.9. The van der Waals surface area contributed by atoms with Crippen molar-refractivity contribution in [3.8, 4) is 5.75 Å². The van der Waals surface area contributed by atoms with Gasteiger partial charge >= 0.3 is 0 Å². The van der Waals surface area contributed by atoms with Gasteiger partial charge in [0.25, 0.3) is 0 Å². The highest BCUT2D eigenvalue weighted by Gasteiger charge is 2.33. The Morgan fingerprint density at radius 1 is 1.06 bits per heavy atom. The second-order valence-corrected chi connectivity index (χ2v) is 8.16. The molecule has 1 aliphatic heterocycles. The van der Waals surface area contributed by atoms with Crippen molar-refractivity contribution in [3.05, 3.63) is 59.7 Å². The topological polar surface area (TPSA) is 83.7 Å². The van der Waals surface area contributed by atoms with Crippen molar-refractivity contribution >= 4 is 23.2 Å². The normalized spacial score (nSPS) is 18.4. The third-order valence-electron chi connectivity index (χ3n) is 6.29. The highest BCUT2D eigenvalue weighted by atomic mass is 16.5. The molecule has 0 radical (unpaired) electrons. The van der Waals surface area contributed by atoms with Crippen molar-refractivity contribution in [2.75, 3.05) is 55.5 Å². The fourth-order valence-electron chi connectivity index (χ4n) is 4.59. The van der Waals surface area contributed by atoms with Gasteiger partial charge in [0.1, 0.15) is 17.3 Å². The monoisotopic (exact) mass is 433 g/mol. The van der Waals surface area contributed by atoms with Crippen molar-refractivity contribution < 1.29 is 13.9 Å². The maximum atomic E-state index is 12.9. The fourth-order valence-corrected chi connectivity index (χ4v) is 4.59. The summed E-state index contributed by atoms with van der Waals surface area (Å²) in [5.74, 6) is 3.06. The molecule has 1 fully saturated rings. The predicted molar refractivity (Wildman–Crippen MR) is 123 cm³/mol. The van der Waals surface area contributed by atoms with Gasteiger partial charge in [-0.3, -0.25) is 4.79 Å². The minimum absolute atomic E-state index is 0.0161. The van der Waals surface area contributed by atoms with Crippen LogP contribution in [-0.4, -0.2) is 56.1 Å². The van der Waals surface area contributed by atoms with Gasteiger partial charge in [0.05, 0.1) is 24.6 Å². The number of carbonyl (C=O) groups excluding carboxylic acids is 1. The number of anilines is 3. The van der Waals surface area contributed by atoms with E-state index in [0.29, 0.717) is 30.2 Å². The number of furan rings is 1. The van der Waals surface area contributed by atoms with Crippen LogP contribution in [-0.2, 0) is 6.42 Å². The summed E-state index contributed by atoms with van der Waals surface area (Å²) in [5.41, 5.74) is 2.57. The molecule has 0 bridgehead atoms. The van der Waals surface area contributed by atoms with E-state index in [1.165, 1.54) is 0 Å². The molecule has 0 unspecified atom stereocenters. The number of rotatable bonds is 5. The number of carbonyl (C=O) groups is 1. The van der Waals surface area contributed by atoms with E-state index in [4.69, 9.17) is 19.1 Å². The molecule has 0 spiro atoms. The molecular formula is C24H27N5O3. The summed E-state index contributed by atoms with van der Waals surface area (Å²) in [7, 11) is 3.49. The van der Waals surface area contributed by atoms with Crippen LogP contribution in [0.25, 0.3) is 0 Å². The molecule has 0 amide bonds. The van der Waals surface area contributed by atoms with Gasteiger partial charge in [0.15, 0.2) is 5.78 Å². The molecule has 1 N–H and O–H groups in total. The molecule has 166 valence electrons. The largest absolute Gasteiger partial charge is 0.497 e. The lowest BCUT2D eigenvalue weighted by molar-refractivity contribution is 0.0959. The lowest BCUT2D eigenvalue weighted by Crippen LogP contribution is -2.47. The minimum atomic E-state index is 0.0161. The molecule has 1 aliphatic carbocycles. The third kappa shape index (κ3) is 3.77. The second kappa shape index (κ2) is 8.53. The molecule has 8 heteroatoms. The summed E-state index contributed by atoms with van der Waals surface area (Å²) < 4.78 is 10.9. The first-order valence-electron chi connectivity index (χ1n) is 11.0. The smallest absolute Gasteiger partial charge is 0.227 e. The van der Waals surface area contributed by atoms with Crippen LogP contribution in [0, 0.1) is 0 Å². The van der Waals surface area contributed by atoms with Crippen molar-refractivity contribution in [1.82, 2.24) is 9.97 Å². The summed E-state index contributed by atoms with van der Waals surface area (Å²) in [6.07, 6.45) is 2.74. The van der Waals surface area contributed by atoms with Crippen molar-refractivity contribution in [1.29, 1.82) is 0 Å². The number of benzene rings is 1. The Morgan fingerprint density at radius 2 is 1.88 bits per heavy atom. The number of nitrogens with zero attached hydrogens (tertiary/aromatic N) is 4. The molecule has 1 aromatic carbocycles. The van der Waals surface area contributed by atoms with Gasteiger partial charge in [-0.05, 0) is 24.3 Å². The molecule has 3 aromatic rings. The van der Waals surface area contributed by atoms with Gasteiger partial charge in [0.2, 0.25) is 5.95 Å². The number of nitrogens with one attached hydrogen (secondary N) is 1. The molecule has 1 saturated heterocycles. The molecular weight excluding hydrogens is 406 g/mol. The number of piperazine rings is 1. The van der Waals surface area contributed by atoms with E-state index < -0.39 is 0 Å². The van der Waals surface area contributed by atoms with Crippen molar-refractivity contribution in [2.24, 2.45) is 0 Å². The number of Topliss-reactive ketones (excluding diaryl/α,β-unsaturated/α-hetero) is 1. The van der Waals surface area contributed by atoms with E-state index in [1.54, 1.807) is 20.4 Å². The van der Waals surface area contributed by atoms with E-state index in [2.05, 4.69) is 27.2 Å². The lowest BCUT2D eigenvalue weighted by Gasteiger charge is -2.36. The maximum Gasteiger partial charge on any atom is 0.227 e. The molecule has 2 aromatic heterocycles. The predicted octanol–water partition coefficient (Wildman–Crippen LogP) is 3.36. The van der Waals surface area contributed by atoms with Crippen LogP contribution in [0.1, 0.15) is 34.2 Å². The standard InChI is InChI=1S/C24H27N5O3/c1-25-23-22-19(13-16(14-20(22)30)21-7-4-12-32-21)26-24(27-23)29-10-8-28(9-11-29)17-5-3-6-18(15-17)31-2/h3-7,12,15-16H,8-11,13-14H2,1-2H3,(H,25,26,27)/t16-/m0/s1. The number of hydrogen-bond acceptors (Lipinski definition) is 8. The van der Waals surface area contributed by atoms with Crippen LogP contribution in [0.5, 0.6) is 5.75 Å². The minimum Gasteiger partial charge on any atom is -0.497 e. The summed E-state index contributed by atoms with van der Waals surface area (Å²) >= 11 is 0. The van der Waals surface area contributed by atoms with E-state index in [9.17, 15) is 4.79 Å². The number of ketones is 1. The summed E-state index contributed by atoms with van der Waals surface area (Å²) in [5, 5.41) is 3.12. The zero-order valence-electron chi connectivity index (χ0n) is 18.4. The van der Waals surface area contributed by atoms with Gasteiger partial charge in [-0.25, -0.2) is 4.98 Å². The molecule has 1 atom stereocenters. The zero-order chi connectivity index (χ0) is 22.1. The first-order valence-corrected chi connectivity index (χ1v) is 11.0. The summed E-state index contributed by atoms with van der Waals surface area (Å²) in [6.45, 7) is 3.32. The van der Waals surface area contributed by atoms with Crippen molar-refractivity contribution in [2.45, 2.75) is 18.8 Å². The maximum absolute atomic E-state index is 12.9. The van der Waals surface area contributed by atoms with E-state index in [0.717, 1.165) is 49.1 Å². The average molecular weight is 434 g/mol. The van der Waals surface area contributed by atoms with Crippen LogP contribution in [0.15, 0.2) is 47.1 Å². The highest BCUT2D eigenvalue weighted by Crippen LogP contribution is 2.35. The van der Waals surface area contributed by atoms with Crippen LogP contribution < -0.4 is 19.9 Å². The SMILES string of the molecule is CNc1nc(N2CCN(c3cccc(OC)c3)CC2)nc2c1C(=O)C[C@@H](c1ccco1)C2. The fraction of sp³-hybridized carbons (Fsp3) is 0.375. The van der Waals surface area contributed by atoms with Gasteiger partial charge in [-0.1, -0.05) is 6.07 Å².